The number of amides is 1. The number of ether oxygens (including phenoxy) is 1. The Morgan fingerprint density at radius 1 is 1.15 bits per heavy atom. The van der Waals surface area contributed by atoms with Gasteiger partial charge in [0.15, 0.2) is 11.6 Å². The molecule has 140 valence electrons. The average Bonchev–Trinajstić information content (AvgIpc) is 3.10. The summed E-state index contributed by atoms with van der Waals surface area (Å²) in [4.78, 5) is 16.4. The van der Waals surface area contributed by atoms with Crippen LogP contribution in [0.15, 0.2) is 48.5 Å². The van der Waals surface area contributed by atoms with Gasteiger partial charge in [0.25, 0.3) is 0 Å². The molecule has 2 N–H and O–H groups in total. The number of nitrogens with zero attached hydrogens (tertiary/aromatic N) is 2. The van der Waals surface area contributed by atoms with E-state index in [0.29, 0.717) is 18.2 Å². The standard InChI is InChI=1S/C21H24N4O2/c1-15-8-9-16(2)18(12-15)27-14-20-23-19(24-25-20)13-21(26)22-11-10-17-6-4-3-5-7-17/h3-9,12H,10-11,13-14H2,1-2H3,(H,22,26)(H,23,24,25). The first-order valence-corrected chi connectivity index (χ1v) is 9.01. The minimum Gasteiger partial charge on any atom is -0.485 e. The lowest BCUT2D eigenvalue weighted by Crippen LogP contribution is -2.27. The molecule has 0 saturated heterocycles. The molecule has 6 heteroatoms. The molecule has 0 spiro atoms. The molecular weight excluding hydrogens is 340 g/mol. The second-order valence-corrected chi connectivity index (χ2v) is 6.52. The molecule has 0 aliphatic heterocycles. The van der Waals surface area contributed by atoms with Gasteiger partial charge in [0, 0.05) is 6.54 Å². The summed E-state index contributed by atoms with van der Waals surface area (Å²) in [5.74, 6) is 1.80. The van der Waals surface area contributed by atoms with Crippen LogP contribution in [-0.2, 0) is 24.2 Å². The number of hydrogen-bond acceptors (Lipinski definition) is 4. The highest BCUT2D eigenvalue weighted by Gasteiger charge is 2.10. The first-order chi connectivity index (χ1) is 13.1. The number of carbonyl (C=O) groups is 1. The quantitative estimate of drug-likeness (QED) is 0.644. The van der Waals surface area contributed by atoms with Crippen molar-refractivity contribution >= 4 is 5.91 Å². The average molecular weight is 364 g/mol. The van der Waals surface area contributed by atoms with Crippen LogP contribution >= 0.6 is 0 Å². The van der Waals surface area contributed by atoms with Crippen molar-refractivity contribution < 1.29 is 9.53 Å². The summed E-state index contributed by atoms with van der Waals surface area (Å²) in [6, 6.07) is 16.1. The maximum absolute atomic E-state index is 12.0. The van der Waals surface area contributed by atoms with Gasteiger partial charge >= 0.3 is 0 Å². The molecule has 0 fully saturated rings. The van der Waals surface area contributed by atoms with Gasteiger partial charge in [-0.25, -0.2) is 4.98 Å². The van der Waals surface area contributed by atoms with E-state index < -0.39 is 0 Å². The highest BCUT2D eigenvalue weighted by molar-refractivity contribution is 5.77. The van der Waals surface area contributed by atoms with Gasteiger partial charge in [-0.15, -0.1) is 0 Å². The van der Waals surface area contributed by atoms with Crippen molar-refractivity contribution in [3.05, 3.63) is 76.9 Å². The molecule has 0 unspecified atom stereocenters. The molecule has 6 nitrogen and oxygen atoms in total. The summed E-state index contributed by atoms with van der Waals surface area (Å²) in [7, 11) is 0. The van der Waals surface area contributed by atoms with Crippen molar-refractivity contribution in [3.8, 4) is 5.75 Å². The summed E-state index contributed by atoms with van der Waals surface area (Å²) >= 11 is 0. The normalized spacial score (nSPS) is 10.6. The Morgan fingerprint density at radius 2 is 1.96 bits per heavy atom. The topological polar surface area (TPSA) is 79.9 Å². The minimum absolute atomic E-state index is 0.0908. The number of aromatic amines is 1. The van der Waals surface area contributed by atoms with Crippen molar-refractivity contribution in [2.45, 2.75) is 33.3 Å². The largest absolute Gasteiger partial charge is 0.485 e. The molecule has 3 rings (SSSR count). The predicted octanol–water partition coefficient (Wildman–Crippen LogP) is 2.90. The number of carbonyl (C=O) groups excluding carboxylic acids is 1. The molecule has 0 atom stereocenters. The Kier molecular flexibility index (Phi) is 6.20. The van der Waals surface area contributed by atoms with Crippen LogP contribution in [0, 0.1) is 13.8 Å². The van der Waals surface area contributed by atoms with Crippen LogP contribution in [0.5, 0.6) is 5.75 Å². The first kappa shape index (κ1) is 18.6. The maximum Gasteiger partial charge on any atom is 0.227 e. The Balaban J connectivity index is 1.44. The Bertz CT molecular complexity index is 890. The number of hydrogen-bond donors (Lipinski definition) is 2. The van der Waals surface area contributed by atoms with E-state index in [0.717, 1.165) is 23.3 Å². The molecule has 27 heavy (non-hydrogen) atoms. The molecular formula is C21H24N4O2. The van der Waals surface area contributed by atoms with Crippen molar-refractivity contribution in [3.63, 3.8) is 0 Å². The van der Waals surface area contributed by atoms with E-state index in [9.17, 15) is 4.79 Å². The smallest absolute Gasteiger partial charge is 0.227 e. The molecule has 0 aliphatic rings. The Labute approximate surface area is 159 Å². The van der Waals surface area contributed by atoms with Gasteiger partial charge in [-0.3, -0.25) is 9.89 Å². The van der Waals surface area contributed by atoms with Crippen molar-refractivity contribution in [2.24, 2.45) is 0 Å². The predicted molar refractivity (Wildman–Crippen MR) is 103 cm³/mol. The lowest BCUT2D eigenvalue weighted by atomic mass is 10.1. The fraction of sp³-hybridized carbons (Fsp3) is 0.286. The van der Waals surface area contributed by atoms with Crippen molar-refractivity contribution in [1.29, 1.82) is 0 Å². The van der Waals surface area contributed by atoms with Gasteiger partial charge in [0.05, 0.1) is 6.42 Å². The SMILES string of the molecule is Cc1ccc(C)c(OCc2nc(CC(=O)NCCc3ccccc3)n[nH]2)c1. The third kappa shape index (κ3) is 5.67. The zero-order chi connectivity index (χ0) is 19.1. The third-order valence-corrected chi connectivity index (χ3v) is 4.18. The van der Waals surface area contributed by atoms with Gasteiger partial charge in [0.2, 0.25) is 5.91 Å². The summed E-state index contributed by atoms with van der Waals surface area (Å²) in [5, 5.41) is 9.83. The van der Waals surface area contributed by atoms with Crippen LogP contribution in [0.3, 0.4) is 0 Å². The lowest BCUT2D eigenvalue weighted by molar-refractivity contribution is -0.120. The summed E-state index contributed by atoms with van der Waals surface area (Å²) < 4.78 is 5.80. The molecule has 3 aromatic rings. The van der Waals surface area contributed by atoms with Crippen molar-refractivity contribution in [1.82, 2.24) is 20.5 Å². The van der Waals surface area contributed by atoms with E-state index in [1.54, 1.807) is 0 Å². The Hall–Kier alpha value is -3.15. The highest BCUT2D eigenvalue weighted by Crippen LogP contribution is 2.19. The number of nitrogens with one attached hydrogen (secondary N) is 2. The number of rotatable bonds is 8. The summed E-state index contributed by atoms with van der Waals surface area (Å²) in [6.45, 7) is 4.90. The number of H-pyrrole nitrogens is 1. The second kappa shape index (κ2) is 8.98. The van der Waals surface area contributed by atoms with Gasteiger partial charge in [-0.1, -0.05) is 42.5 Å². The third-order valence-electron chi connectivity index (χ3n) is 4.18. The van der Waals surface area contributed by atoms with Crippen LogP contribution in [0.25, 0.3) is 0 Å². The van der Waals surface area contributed by atoms with E-state index in [1.165, 1.54) is 5.56 Å². The molecule has 0 bridgehead atoms. The van der Waals surface area contributed by atoms with Gasteiger partial charge in [-0.05, 0) is 43.0 Å². The second-order valence-electron chi connectivity index (χ2n) is 6.52. The molecule has 1 heterocycles. The van der Waals surface area contributed by atoms with Gasteiger partial charge in [0.1, 0.15) is 12.4 Å². The molecule has 1 amide bonds. The number of aryl methyl sites for hydroxylation is 2. The highest BCUT2D eigenvalue weighted by atomic mass is 16.5. The molecule has 0 aliphatic carbocycles. The number of benzene rings is 2. The Morgan fingerprint density at radius 3 is 2.78 bits per heavy atom. The maximum atomic E-state index is 12.0. The van der Waals surface area contributed by atoms with E-state index >= 15 is 0 Å². The molecule has 0 radical (unpaired) electrons. The monoisotopic (exact) mass is 364 g/mol. The first-order valence-electron chi connectivity index (χ1n) is 9.01. The van der Waals surface area contributed by atoms with Crippen LogP contribution < -0.4 is 10.1 Å². The van der Waals surface area contributed by atoms with E-state index in [2.05, 4.69) is 20.5 Å². The van der Waals surface area contributed by atoms with E-state index in [1.807, 2.05) is 62.4 Å². The molecule has 0 saturated carbocycles. The van der Waals surface area contributed by atoms with Crippen LogP contribution in [0.2, 0.25) is 0 Å². The fourth-order valence-corrected chi connectivity index (χ4v) is 2.68. The van der Waals surface area contributed by atoms with Crippen LogP contribution in [-0.4, -0.2) is 27.6 Å². The fourth-order valence-electron chi connectivity index (χ4n) is 2.68. The zero-order valence-electron chi connectivity index (χ0n) is 15.7. The van der Waals surface area contributed by atoms with Crippen LogP contribution in [0.4, 0.5) is 0 Å². The van der Waals surface area contributed by atoms with Crippen LogP contribution in [0.1, 0.15) is 28.3 Å². The zero-order valence-corrected chi connectivity index (χ0v) is 15.7. The van der Waals surface area contributed by atoms with Gasteiger partial charge in [-0.2, -0.15) is 5.10 Å². The van der Waals surface area contributed by atoms with E-state index in [-0.39, 0.29) is 18.9 Å². The molecule has 2 aromatic carbocycles. The number of aromatic nitrogens is 3. The molecule has 1 aromatic heterocycles. The minimum atomic E-state index is -0.0908. The van der Waals surface area contributed by atoms with Gasteiger partial charge < -0.3 is 10.1 Å². The lowest BCUT2D eigenvalue weighted by Gasteiger charge is -2.08. The summed E-state index contributed by atoms with van der Waals surface area (Å²) in [5.41, 5.74) is 3.40. The van der Waals surface area contributed by atoms with E-state index in [4.69, 9.17) is 4.74 Å². The van der Waals surface area contributed by atoms with Crippen molar-refractivity contribution in [2.75, 3.05) is 6.54 Å². The summed E-state index contributed by atoms with van der Waals surface area (Å²) in [6.07, 6.45) is 0.949.